The standard InChI is InChI=1S/C19H32N2O5.C4H11N/c1-4-8-14(19(25)26-5-2)20-12(3)17(22)21-15-10-7-6-9-13(15)11-16(21)18(23)24;1-4(2,3)5/h12-16,20H,4-11H2,1-3H3,(H,23,24);5H2,1-3H3/t12-,13?,14+,15?,16+;/m1./s1. The number of rotatable bonds is 8. The number of carbonyl (C=O) groups is 3. The Morgan fingerprint density at radius 2 is 1.77 bits per heavy atom. The molecule has 2 fully saturated rings. The third-order valence-corrected chi connectivity index (χ3v) is 5.60. The summed E-state index contributed by atoms with van der Waals surface area (Å²) in [5.41, 5.74) is 5.35. The molecule has 0 aromatic heterocycles. The van der Waals surface area contributed by atoms with Crippen LogP contribution in [-0.4, -0.2) is 64.2 Å². The molecule has 2 unspecified atom stereocenters. The highest BCUT2D eigenvalue weighted by Crippen LogP contribution is 2.40. The van der Waals surface area contributed by atoms with E-state index >= 15 is 0 Å². The first-order chi connectivity index (χ1) is 14.4. The molecule has 1 saturated carbocycles. The summed E-state index contributed by atoms with van der Waals surface area (Å²) in [6.45, 7) is 11.6. The van der Waals surface area contributed by atoms with Crippen molar-refractivity contribution in [3.8, 4) is 0 Å². The number of nitrogens with two attached hydrogens (primary N) is 1. The summed E-state index contributed by atoms with van der Waals surface area (Å²) in [6, 6.07) is -1.92. The zero-order valence-electron chi connectivity index (χ0n) is 20.1. The minimum Gasteiger partial charge on any atom is -0.480 e. The fourth-order valence-electron chi connectivity index (χ4n) is 4.39. The molecule has 0 spiro atoms. The van der Waals surface area contributed by atoms with Gasteiger partial charge in [0.05, 0.1) is 12.6 Å². The SMILES string of the molecule is CC(C)(C)N.CCC[C@H](N[C@H](C)C(=O)N1C2CCCCC2C[C@H]1C(=O)O)C(=O)OCC. The second-order valence-corrected chi connectivity index (χ2v) is 9.79. The molecule has 2 rings (SSSR count). The Labute approximate surface area is 187 Å². The highest BCUT2D eigenvalue weighted by Gasteiger charge is 2.48. The number of ether oxygens (including phenoxy) is 1. The van der Waals surface area contributed by atoms with E-state index in [0.717, 1.165) is 32.1 Å². The van der Waals surface area contributed by atoms with E-state index in [1.807, 2.05) is 27.7 Å². The third-order valence-electron chi connectivity index (χ3n) is 5.60. The number of nitrogens with one attached hydrogen (secondary N) is 1. The van der Waals surface area contributed by atoms with Crippen LogP contribution in [0.25, 0.3) is 0 Å². The lowest BCUT2D eigenvalue weighted by Gasteiger charge is -2.35. The molecule has 0 aromatic carbocycles. The number of hydrogen-bond donors (Lipinski definition) is 3. The van der Waals surface area contributed by atoms with Crippen molar-refractivity contribution in [2.75, 3.05) is 6.61 Å². The molecule has 1 heterocycles. The molecule has 5 atom stereocenters. The van der Waals surface area contributed by atoms with E-state index < -0.39 is 24.1 Å². The van der Waals surface area contributed by atoms with Crippen molar-refractivity contribution in [1.82, 2.24) is 10.2 Å². The van der Waals surface area contributed by atoms with Gasteiger partial charge in [-0.25, -0.2) is 4.79 Å². The van der Waals surface area contributed by atoms with Crippen molar-refractivity contribution in [3.05, 3.63) is 0 Å². The molecule has 180 valence electrons. The minimum atomic E-state index is -0.935. The minimum absolute atomic E-state index is 0. The van der Waals surface area contributed by atoms with Crippen LogP contribution in [-0.2, 0) is 19.1 Å². The Morgan fingerprint density at radius 3 is 2.29 bits per heavy atom. The highest BCUT2D eigenvalue weighted by atomic mass is 16.5. The second kappa shape index (κ2) is 12.4. The summed E-state index contributed by atoms with van der Waals surface area (Å²) in [6.07, 6.45) is 5.87. The van der Waals surface area contributed by atoms with E-state index in [1.165, 1.54) is 0 Å². The number of esters is 1. The summed E-state index contributed by atoms with van der Waals surface area (Å²) in [7, 11) is 0. The smallest absolute Gasteiger partial charge is 0.326 e. The van der Waals surface area contributed by atoms with Gasteiger partial charge in [-0.2, -0.15) is 0 Å². The number of nitrogens with zero attached hydrogens (tertiary/aromatic N) is 1. The van der Waals surface area contributed by atoms with Crippen LogP contribution in [0.1, 0.15) is 86.5 Å². The van der Waals surface area contributed by atoms with Crippen LogP contribution in [0, 0.1) is 5.92 Å². The fourth-order valence-corrected chi connectivity index (χ4v) is 4.39. The fraction of sp³-hybridized carbons (Fsp3) is 0.870. The molecule has 0 bridgehead atoms. The van der Waals surface area contributed by atoms with E-state index in [9.17, 15) is 19.5 Å². The molecular formula is C23H43N3O5. The van der Waals surface area contributed by atoms with E-state index in [-0.39, 0.29) is 29.4 Å². The number of likely N-dealkylation sites (tertiary alicyclic amines) is 1. The van der Waals surface area contributed by atoms with Crippen molar-refractivity contribution < 1.29 is 24.2 Å². The molecule has 4 N–H and O–H groups in total. The number of carbonyl (C=O) groups excluding carboxylic acids is 2. The summed E-state index contributed by atoms with van der Waals surface area (Å²) in [5, 5.41) is 12.7. The summed E-state index contributed by atoms with van der Waals surface area (Å²) in [5.74, 6) is -1.24. The third kappa shape index (κ3) is 8.77. The molecule has 1 saturated heterocycles. The predicted molar refractivity (Wildman–Crippen MR) is 120 cm³/mol. The molecule has 0 radical (unpaired) electrons. The topological polar surface area (TPSA) is 122 Å². The largest absolute Gasteiger partial charge is 0.480 e. The molecule has 0 aromatic rings. The molecular weight excluding hydrogens is 398 g/mol. The highest BCUT2D eigenvalue weighted by molar-refractivity contribution is 5.88. The van der Waals surface area contributed by atoms with Crippen molar-refractivity contribution in [1.29, 1.82) is 0 Å². The summed E-state index contributed by atoms with van der Waals surface area (Å²) < 4.78 is 5.09. The molecule has 31 heavy (non-hydrogen) atoms. The Balaban J connectivity index is 0.000000861. The van der Waals surface area contributed by atoms with Gasteiger partial charge >= 0.3 is 11.9 Å². The molecule has 2 aliphatic rings. The summed E-state index contributed by atoms with van der Waals surface area (Å²) in [4.78, 5) is 38.5. The number of hydrogen-bond acceptors (Lipinski definition) is 6. The molecule has 8 nitrogen and oxygen atoms in total. The first-order valence-electron chi connectivity index (χ1n) is 11.7. The zero-order chi connectivity index (χ0) is 23.8. The molecule has 1 aliphatic carbocycles. The lowest BCUT2D eigenvalue weighted by molar-refractivity contribution is -0.152. The van der Waals surface area contributed by atoms with E-state index in [2.05, 4.69) is 5.32 Å². The zero-order valence-corrected chi connectivity index (χ0v) is 20.1. The number of carboxylic acids is 1. The molecule has 8 heteroatoms. The second-order valence-electron chi connectivity index (χ2n) is 9.79. The van der Waals surface area contributed by atoms with E-state index in [4.69, 9.17) is 10.5 Å². The van der Waals surface area contributed by atoms with E-state index in [0.29, 0.717) is 19.4 Å². The number of aliphatic carboxylic acids is 1. The average Bonchev–Trinajstić information content (AvgIpc) is 3.05. The Kier molecular flexibility index (Phi) is 10.9. The van der Waals surface area contributed by atoms with Crippen LogP contribution >= 0.6 is 0 Å². The number of amides is 1. The Hall–Kier alpha value is -1.67. The van der Waals surface area contributed by atoms with Crippen LogP contribution in [0.5, 0.6) is 0 Å². The van der Waals surface area contributed by atoms with Crippen molar-refractivity contribution in [2.24, 2.45) is 11.7 Å². The number of fused-ring (bicyclic) bond motifs is 1. The lowest BCUT2D eigenvalue weighted by Crippen LogP contribution is -2.55. The number of carboxylic acid groups (broad SMARTS) is 1. The van der Waals surface area contributed by atoms with Gasteiger partial charge in [0, 0.05) is 11.6 Å². The normalized spacial score (nSPS) is 25.0. The van der Waals surface area contributed by atoms with Gasteiger partial charge in [0.2, 0.25) is 5.91 Å². The van der Waals surface area contributed by atoms with Crippen LogP contribution in [0.15, 0.2) is 0 Å². The van der Waals surface area contributed by atoms with Gasteiger partial charge in [-0.1, -0.05) is 26.2 Å². The first-order valence-corrected chi connectivity index (χ1v) is 11.7. The van der Waals surface area contributed by atoms with Gasteiger partial charge in [-0.3, -0.25) is 14.9 Å². The maximum atomic E-state index is 13.1. The Bertz CT molecular complexity index is 599. The van der Waals surface area contributed by atoms with Crippen LogP contribution < -0.4 is 11.1 Å². The van der Waals surface area contributed by atoms with Crippen molar-refractivity contribution >= 4 is 17.8 Å². The summed E-state index contributed by atoms with van der Waals surface area (Å²) >= 11 is 0. The maximum absolute atomic E-state index is 13.1. The van der Waals surface area contributed by atoms with Gasteiger partial charge < -0.3 is 20.5 Å². The van der Waals surface area contributed by atoms with Gasteiger partial charge in [0.25, 0.3) is 0 Å². The van der Waals surface area contributed by atoms with Crippen LogP contribution in [0.3, 0.4) is 0 Å². The lowest BCUT2D eigenvalue weighted by atomic mass is 9.84. The molecule has 1 aliphatic heterocycles. The average molecular weight is 442 g/mol. The van der Waals surface area contributed by atoms with Gasteiger partial charge in [0.15, 0.2) is 0 Å². The van der Waals surface area contributed by atoms with E-state index in [1.54, 1.807) is 18.7 Å². The van der Waals surface area contributed by atoms with Gasteiger partial charge in [-0.05, 0) is 66.2 Å². The monoisotopic (exact) mass is 441 g/mol. The Morgan fingerprint density at radius 1 is 1.19 bits per heavy atom. The van der Waals surface area contributed by atoms with Crippen molar-refractivity contribution in [2.45, 2.75) is 116 Å². The van der Waals surface area contributed by atoms with Gasteiger partial charge in [-0.15, -0.1) is 0 Å². The first kappa shape index (κ1) is 27.4. The quantitative estimate of drug-likeness (QED) is 0.495. The predicted octanol–water partition coefficient (Wildman–Crippen LogP) is 2.68. The van der Waals surface area contributed by atoms with Crippen LogP contribution in [0.2, 0.25) is 0 Å². The van der Waals surface area contributed by atoms with Crippen molar-refractivity contribution in [3.63, 3.8) is 0 Å². The maximum Gasteiger partial charge on any atom is 0.326 e. The molecule has 1 amide bonds. The van der Waals surface area contributed by atoms with Gasteiger partial charge in [0.1, 0.15) is 12.1 Å². The van der Waals surface area contributed by atoms with Crippen LogP contribution in [0.4, 0.5) is 0 Å².